The number of carbonyl (C=O) groups is 1. The van der Waals surface area contributed by atoms with E-state index in [1.807, 2.05) is 28.9 Å². The van der Waals surface area contributed by atoms with Crippen LogP contribution in [-0.4, -0.2) is 40.7 Å². The van der Waals surface area contributed by atoms with E-state index in [1.54, 1.807) is 7.11 Å². The minimum absolute atomic E-state index is 0.112. The molecule has 1 aromatic heterocycles. The first-order valence-electron chi connectivity index (χ1n) is 12.3. The Balaban J connectivity index is 1.62. The lowest BCUT2D eigenvalue weighted by atomic mass is 9.73. The lowest BCUT2D eigenvalue weighted by Crippen LogP contribution is -2.36. The van der Waals surface area contributed by atoms with E-state index in [9.17, 15) is 4.79 Å². The second-order valence-corrected chi connectivity index (χ2v) is 10.0. The van der Waals surface area contributed by atoms with Crippen molar-refractivity contribution in [1.82, 2.24) is 14.8 Å². The molecule has 0 bridgehead atoms. The molecular weight excluding hydrogens is 438 g/mol. The third-order valence-electron chi connectivity index (χ3n) is 7.02. The number of rotatable bonds is 6. The Hall–Kier alpha value is -3.61. The van der Waals surface area contributed by atoms with Crippen molar-refractivity contribution >= 4 is 17.4 Å². The molecule has 0 spiro atoms. The Morgan fingerprint density at radius 2 is 1.80 bits per heavy atom. The van der Waals surface area contributed by atoms with Gasteiger partial charge in [0.15, 0.2) is 11.6 Å². The third-order valence-corrected chi connectivity index (χ3v) is 7.02. The van der Waals surface area contributed by atoms with Crippen molar-refractivity contribution in [3.8, 4) is 17.1 Å². The molecule has 182 valence electrons. The van der Waals surface area contributed by atoms with Gasteiger partial charge >= 0.3 is 0 Å². The van der Waals surface area contributed by atoms with Crippen molar-refractivity contribution in [1.29, 1.82) is 0 Å². The molecule has 1 N–H and O–H groups in total. The highest BCUT2D eigenvalue weighted by Crippen LogP contribution is 2.47. The Morgan fingerprint density at radius 3 is 2.49 bits per heavy atom. The number of fused-ring (bicyclic) bond motifs is 1. The van der Waals surface area contributed by atoms with E-state index < -0.39 is 6.04 Å². The van der Waals surface area contributed by atoms with Gasteiger partial charge < -0.3 is 15.0 Å². The molecule has 1 unspecified atom stereocenters. The van der Waals surface area contributed by atoms with Crippen LogP contribution in [-0.2, 0) is 4.79 Å². The Bertz CT molecular complexity index is 1280. The maximum absolute atomic E-state index is 13.5. The molecule has 1 aliphatic heterocycles. The van der Waals surface area contributed by atoms with Crippen molar-refractivity contribution in [2.75, 3.05) is 30.4 Å². The number of nitrogens with zero attached hydrogens (tertiary/aromatic N) is 4. The first kappa shape index (κ1) is 23.1. The quantitative estimate of drug-likeness (QED) is 0.515. The van der Waals surface area contributed by atoms with Gasteiger partial charge in [-0.05, 0) is 56.0 Å². The van der Waals surface area contributed by atoms with Gasteiger partial charge in [0.2, 0.25) is 5.95 Å². The number of aromatic nitrogens is 3. The minimum Gasteiger partial charge on any atom is -0.496 e. The van der Waals surface area contributed by atoms with Crippen molar-refractivity contribution in [2.24, 2.45) is 5.41 Å². The molecule has 2 heterocycles. The van der Waals surface area contributed by atoms with Gasteiger partial charge in [-0.15, -0.1) is 5.10 Å². The first-order chi connectivity index (χ1) is 16.8. The fourth-order valence-electron chi connectivity index (χ4n) is 5.32. The number of nitrogens with one attached hydrogen (secondary N) is 1. The van der Waals surface area contributed by atoms with E-state index in [1.165, 1.54) is 5.69 Å². The van der Waals surface area contributed by atoms with E-state index in [-0.39, 0.29) is 11.2 Å². The van der Waals surface area contributed by atoms with E-state index in [0.29, 0.717) is 18.2 Å². The van der Waals surface area contributed by atoms with Crippen molar-refractivity contribution < 1.29 is 9.53 Å². The smallest absolute Gasteiger partial charge is 0.226 e. The summed E-state index contributed by atoms with van der Waals surface area (Å²) in [5.41, 5.74) is 4.61. The van der Waals surface area contributed by atoms with Crippen LogP contribution in [0.2, 0.25) is 0 Å². The lowest BCUT2D eigenvalue weighted by molar-refractivity contribution is -0.118. The summed E-state index contributed by atoms with van der Waals surface area (Å²) in [6.45, 7) is 10.5. The van der Waals surface area contributed by atoms with Crippen LogP contribution in [0, 0.1) is 5.41 Å². The van der Waals surface area contributed by atoms with Crippen LogP contribution in [0.1, 0.15) is 52.1 Å². The van der Waals surface area contributed by atoms with Crippen molar-refractivity contribution in [2.45, 2.75) is 46.6 Å². The number of benzene rings is 2. The summed E-state index contributed by atoms with van der Waals surface area (Å²) in [6, 6.07) is 15.8. The first-order valence-corrected chi connectivity index (χ1v) is 12.3. The average molecular weight is 472 g/mol. The summed E-state index contributed by atoms with van der Waals surface area (Å²) in [7, 11) is 1.66. The predicted octanol–water partition coefficient (Wildman–Crippen LogP) is 5.46. The van der Waals surface area contributed by atoms with Crippen LogP contribution >= 0.6 is 0 Å². The molecule has 2 aliphatic rings. The Labute approximate surface area is 206 Å². The molecule has 7 heteroatoms. The number of allylic oxidation sites excluding steroid dienone is 2. The number of ether oxygens (including phenoxy) is 1. The topological polar surface area (TPSA) is 72.3 Å². The van der Waals surface area contributed by atoms with Crippen LogP contribution in [0.25, 0.3) is 11.4 Å². The number of methoxy groups -OCH3 is 1. The zero-order valence-electron chi connectivity index (χ0n) is 21.1. The normalized spacial score (nSPS) is 18.5. The van der Waals surface area contributed by atoms with Crippen LogP contribution < -0.4 is 15.0 Å². The molecule has 35 heavy (non-hydrogen) atoms. The average Bonchev–Trinajstić information content (AvgIpc) is 3.27. The zero-order chi connectivity index (χ0) is 24.7. The SMILES string of the molecule is CCN(CC)c1ccc(-c2nc3n(n2)C(c2ccccc2OC)C2=C(CC(C)(C)CC2=O)N3)cc1. The van der Waals surface area contributed by atoms with Crippen LogP contribution in [0.15, 0.2) is 59.8 Å². The number of hydrogen-bond donors (Lipinski definition) is 1. The van der Waals surface area contributed by atoms with Gasteiger partial charge in [-0.2, -0.15) is 4.98 Å². The number of anilines is 2. The van der Waals surface area contributed by atoms with E-state index in [0.717, 1.165) is 47.7 Å². The number of Topliss-reactive ketones (excluding diaryl/α,β-unsaturated/α-hetero) is 1. The van der Waals surface area contributed by atoms with Gasteiger partial charge in [0, 0.05) is 47.6 Å². The highest BCUT2D eigenvalue weighted by molar-refractivity contribution is 6.00. The molecule has 0 saturated carbocycles. The van der Waals surface area contributed by atoms with Crippen LogP contribution in [0.4, 0.5) is 11.6 Å². The standard InChI is InChI=1S/C28H33N5O2/c1-6-32(7-2)19-14-12-18(13-15-19)26-30-27-29-21-16-28(3,4)17-22(34)24(21)25(33(27)31-26)20-10-8-9-11-23(20)35-5/h8-15,25H,6-7,16-17H2,1-5H3,(H,29,30,31). The molecule has 7 nitrogen and oxygen atoms in total. The highest BCUT2D eigenvalue weighted by atomic mass is 16.5. The second kappa shape index (κ2) is 8.87. The third kappa shape index (κ3) is 4.09. The predicted molar refractivity (Wildman–Crippen MR) is 139 cm³/mol. The number of para-hydroxylation sites is 1. The summed E-state index contributed by atoms with van der Waals surface area (Å²) < 4.78 is 7.55. The Morgan fingerprint density at radius 1 is 1.09 bits per heavy atom. The van der Waals surface area contributed by atoms with Gasteiger partial charge in [-0.25, -0.2) is 4.68 Å². The van der Waals surface area contributed by atoms with Crippen molar-refractivity contribution in [3.05, 3.63) is 65.4 Å². The lowest BCUT2D eigenvalue weighted by Gasteiger charge is -2.38. The van der Waals surface area contributed by atoms with Gasteiger partial charge in [-0.3, -0.25) is 4.79 Å². The molecule has 1 atom stereocenters. The van der Waals surface area contributed by atoms with Crippen molar-refractivity contribution in [3.63, 3.8) is 0 Å². The van der Waals surface area contributed by atoms with Gasteiger partial charge in [-0.1, -0.05) is 32.0 Å². The molecule has 3 aromatic rings. The van der Waals surface area contributed by atoms with E-state index in [4.69, 9.17) is 14.8 Å². The summed E-state index contributed by atoms with van der Waals surface area (Å²) in [5.74, 6) is 2.15. The summed E-state index contributed by atoms with van der Waals surface area (Å²) in [4.78, 5) is 20.6. The van der Waals surface area contributed by atoms with Gasteiger partial charge in [0.1, 0.15) is 11.8 Å². The molecule has 2 aromatic carbocycles. The highest BCUT2D eigenvalue weighted by Gasteiger charge is 2.42. The Kier molecular flexibility index (Phi) is 5.87. The zero-order valence-corrected chi connectivity index (χ0v) is 21.1. The second-order valence-electron chi connectivity index (χ2n) is 10.0. The van der Waals surface area contributed by atoms with Crippen LogP contribution in [0.5, 0.6) is 5.75 Å². The number of carbonyl (C=O) groups excluding carboxylic acids is 1. The van der Waals surface area contributed by atoms with Gasteiger partial charge in [0.25, 0.3) is 0 Å². The molecule has 1 aliphatic carbocycles. The molecule has 0 amide bonds. The fraction of sp³-hybridized carbons (Fsp3) is 0.393. The minimum atomic E-state index is -0.391. The number of ketones is 1. The molecule has 5 rings (SSSR count). The maximum atomic E-state index is 13.5. The molecule has 0 radical (unpaired) electrons. The maximum Gasteiger partial charge on any atom is 0.226 e. The summed E-state index contributed by atoms with van der Waals surface area (Å²) in [5, 5.41) is 8.38. The van der Waals surface area contributed by atoms with Gasteiger partial charge in [0.05, 0.1) is 7.11 Å². The van der Waals surface area contributed by atoms with Crippen LogP contribution in [0.3, 0.4) is 0 Å². The van der Waals surface area contributed by atoms with E-state index >= 15 is 0 Å². The summed E-state index contributed by atoms with van der Waals surface area (Å²) in [6.07, 6.45) is 1.28. The fourth-order valence-corrected chi connectivity index (χ4v) is 5.32. The molecule has 0 fully saturated rings. The summed E-state index contributed by atoms with van der Waals surface area (Å²) >= 11 is 0. The number of hydrogen-bond acceptors (Lipinski definition) is 6. The molecule has 0 saturated heterocycles. The monoisotopic (exact) mass is 471 g/mol. The van der Waals surface area contributed by atoms with E-state index in [2.05, 4.69) is 62.2 Å². The molecular formula is C28H33N5O2. The largest absolute Gasteiger partial charge is 0.496 e.